The molecule has 0 radical (unpaired) electrons. The van der Waals surface area contributed by atoms with Crippen molar-refractivity contribution < 1.29 is 19.1 Å². The molecule has 1 fully saturated rings. The van der Waals surface area contributed by atoms with E-state index in [4.69, 9.17) is 0 Å². The molecule has 5 rings (SSSR count). The molecule has 5 atom stereocenters. The van der Waals surface area contributed by atoms with E-state index in [1.165, 1.54) is 16.0 Å². The van der Waals surface area contributed by atoms with E-state index in [0.29, 0.717) is 5.69 Å². The van der Waals surface area contributed by atoms with Crippen LogP contribution in [-0.4, -0.2) is 40.1 Å². The number of hydrazine groups is 1. The maximum absolute atomic E-state index is 14.6. The van der Waals surface area contributed by atoms with Gasteiger partial charge in [-0.1, -0.05) is 79.7 Å². The number of carbonyl (C=O) groups is 2. The summed E-state index contributed by atoms with van der Waals surface area (Å²) in [7, 11) is 0. The van der Waals surface area contributed by atoms with Gasteiger partial charge in [0.15, 0.2) is 0 Å². The Bertz CT molecular complexity index is 1250. The highest BCUT2D eigenvalue weighted by atomic mass is 19.1. The maximum atomic E-state index is 14.6. The highest BCUT2D eigenvalue weighted by Gasteiger charge is 2.54. The molecule has 178 valence electrons. The molecule has 0 saturated carbocycles. The second-order valence-electron chi connectivity index (χ2n) is 8.88. The van der Waals surface area contributed by atoms with Crippen LogP contribution in [0, 0.1) is 11.7 Å². The smallest absolute Gasteiger partial charge is 0.254 e. The topological polar surface area (TPSA) is 72.9 Å². The average molecular weight is 472 g/mol. The third kappa shape index (κ3) is 4.13. The first-order chi connectivity index (χ1) is 17.0. The Morgan fingerprint density at radius 1 is 0.857 bits per heavy atom. The summed E-state index contributed by atoms with van der Waals surface area (Å²) >= 11 is 0. The van der Waals surface area contributed by atoms with E-state index in [2.05, 4.69) is 5.43 Å². The van der Waals surface area contributed by atoms with Crippen LogP contribution in [0.3, 0.4) is 0 Å². The van der Waals surface area contributed by atoms with Crippen molar-refractivity contribution in [3.05, 3.63) is 108 Å². The molecular weight excluding hydrogens is 445 g/mol. The predicted molar refractivity (Wildman–Crippen MR) is 132 cm³/mol. The Balaban J connectivity index is 1.54. The van der Waals surface area contributed by atoms with Crippen LogP contribution >= 0.6 is 0 Å². The number of aliphatic hydroxyl groups excluding tert-OH is 1. The summed E-state index contributed by atoms with van der Waals surface area (Å²) in [6.45, 7) is 1.90. The third-order valence-corrected chi connectivity index (χ3v) is 6.78. The van der Waals surface area contributed by atoms with E-state index in [1.54, 1.807) is 54.6 Å². The maximum Gasteiger partial charge on any atom is 0.254 e. The van der Waals surface area contributed by atoms with Gasteiger partial charge in [0, 0.05) is 5.92 Å². The van der Waals surface area contributed by atoms with Crippen LogP contribution in [0.1, 0.15) is 18.4 Å². The number of nitrogens with zero attached hydrogens (tertiary/aromatic N) is 2. The lowest BCUT2D eigenvalue weighted by Gasteiger charge is -2.42. The molecule has 2 amide bonds. The molecule has 6 nitrogen and oxygen atoms in total. The molecule has 3 aromatic rings. The molecule has 0 bridgehead atoms. The van der Waals surface area contributed by atoms with E-state index >= 15 is 0 Å². The first-order valence-electron chi connectivity index (χ1n) is 11.6. The normalized spacial score (nSPS) is 23.7. The van der Waals surface area contributed by atoms with Crippen LogP contribution in [0.25, 0.3) is 0 Å². The van der Waals surface area contributed by atoms with Crippen LogP contribution in [-0.2, 0) is 9.59 Å². The summed E-state index contributed by atoms with van der Waals surface area (Å²) in [6, 6.07) is 22.8. The van der Waals surface area contributed by atoms with Crippen molar-refractivity contribution >= 4 is 23.2 Å². The molecule has 7 heteroatoms. The van der Waals surface area contributed by atoms with E-state index in [9.17, 15) is 19.1 Å². The number of aliphatic hydroxyl groups is 1. The highest BCUT2D eigenvalue weighted by Crippen LogP contribution is 2.37. The summed E-state index contributed by atoms with van der Waals surface area (Å²) in [5.74, 6) is -2.34. The molecule has 2 heterocycles. The lowest BCUT2D eigenvalue weighted by molar-refractivity contribution is -0.123. The van der Waals surface area contributed by atoms with Crippen molar-refractivity contribution in [1.29, 1.82) is 0 Å². The molecule has 0 aromatic heterocycles. The van der Waals surface area contributed by atoms with Crippen molar-refractivity contribution in [2.45, 2.75) is 31.0 Å². The van der Waals surface area contributed by atoms with Crippen LogP contribution in [0.5, 0.6) is 0 Å². The number of fused-ring (bicyclic) bond motifs is 1. The summed E-state index contributed by atoms with van der Waals surface area (Å²) in [5.41, 5.74) is 4.59. The Kier molecular flexibility index (Phi) is 6.19. The van der Waals surface area contributed by atoms with Gasteiger partial charge in [-0.15, -0.1) is 0 Å². The van der Waals surface area contributed by atoms with E-state index in [-0.39, 0.29) is 17.5 Å². The standard InChI is InChI=1S/C28H26FN3O3/c1-18(19-10-4-2-5-11-19)26(33)24-17-16-21-25(32(24)30-23-15-9-8-14-22(23)29)28(35)31(27(21)34)20-12-6-3-7-13-20/h2-18,21,24-26,30,33H,1H3. The molecular formula is C28H26FN3O3. The van der Waals surface area contributed by atoms with Gasteiger partial charge in [-0.3, -0.25) is 9.59 Å². The Labute approximate surface area is 203 Å². The fourth-order valence-electron chi connectivity index (χ4n) is 4.86. The first kappa shape index (κ1) is 23.0. The lowest BCUT2D eigenvalue weighted by Crippen LogP contribution is -2.58. The fourth-order valence-corrected chi connectivity index (χ4v) is 4.86. The first-order valence-corrected chi connectivity index (χ1v) is 11.6. The number of carbonyl (C=O) groups excluding carboxylic acids is 2. The van der Waals surface area contributed by atoms with Crippen LogP contribution in [0.4, 0.5) is 15.8 Å². The molecule has 35 heavy (non-hydrogen) atoms. The summed E-state index contributed by atoms with van der Waals surface area (Å²) in [5, 5.41) is 13.0. The SMILES string of the molecule is CC(c1ccccc1)C(O)C1C=CC2C(=O)N(c3ccccc3)C(=O)C2N1Nc1ccccc1F. The Morgan fingerprint density at radius 3 is 2.17 bits per heavy atom. The van der Waals surface area contributed by atoms with Crippen LogP contribution in [0.15, 0.2) is 97.1 Å². The number of hydrogen-bond acceptors (Lipinski definition) is 5. The zero-order valence-corrected chi connectivity index (χ0v) is 19.2. The quantitative estimate of drug-likeness (QED) is 0.418. The monoisotopic (exact) mass is 471 g/mol. The number of imide groups is 1. The minimum absolute atomic E-state index is 0.157. The number of para-hydroxylation sites is 2. The van der Waals surface area contributed by atoms with Crippen molar-refractivity contribution in [1.82, 2.24) is 5.01 Å². The van der Waals surface area contributed by atoms with Crippen molar-refractivity contribution in [3.8, 4) is 0 Å². The number of amides is 2. The number of anilines is 2. The van der Waals surface area contributed by atoms with Gasteiger partial charge in [0.2, 0.25) is 5.91 Å². The van der Waals surface area contributed by atoms with E-state index in [0.717, 1.165) is 5.56 Å². The van der Waals surface area contributed by atoms with Crippen LogP contribution < -0.4 is 10.3 Å². The van der Waals surface area contributed by atoms with Gasteiger partial charge in [0.1, 0.15) is 11.9 Å². The number of halogens is 1. The second kappa shape index (κ2) is 9.44. The van der Waals surface area contributed by atoms with Gasteiger partial charge in [-0.05, 0) is 29.8 Å². The summed E-state index contributed by atoms with van der Waals surface area (Å²) < 4.78 is 14.6. The molecule has 0 spiro atoms. The third-order valence-electron chi connectivity index (χ3n) is 6.78. The van der Waals surface area contributed by atoms with Gasteiger partial charge >= 0.3 is 0 Å². The molecule has 2 aliphatic rings. The second-order valence-corrected chi connectivity index (χ2v) is 8.88. The lowest BCUT2D eigenvalue weighted by atomic mass is 9.86. The van der Waals surface area contributed by atoms with Crippen molar-refractivity contribution in [2.24, 2.45) is 5.92 Å². The van der Waals surface area contributed by atoms with Crippen molar-refractivity contribution in [3.63, 3.8) is 0 Å². The summed E-state index contributed by atoms with van der Waals surface area (Å²) in [4.78, 5) is 28.1. The molecule has 2 N–H and O–H groups in total. The Morgan fingerprint density at radius 2 is 1.49 bits per heavy atom. The minimum Gasteiger partial charge on any atom is -0.390 e. The van der Waals surface area contributed by atoms with Crippen molar-refractivity contribution in [2.75, 3.05) is 10.3 Å². The largest absolute Gasteiger partial charge is 0.390 e. The Hall–Kier alpha value is -3.81. The molecule has 1 saturated heterocycles. The van der Waals surface area contributed by atoms with Gasteiger partial charge in [-0.2, -0.15) is 0 Å². The van der Waals surface area contributed by atoms with Crippen LogP contribution in [0.2, 0.25) is 0 Å². The van der Waals surface area contributed by atoms with Gasteiger partial charge in [0.25, 0.3) is 5.91 Å². The molecule has 5 unspecified atom stereocenters. The molecule has 3 aromatic carbocycles. The average Bonchev–Trinajstić information content (AvgIpc) is 3.15. The predicted octanol–water partition coefficient (Wildman–Crippen LogP) is 4.12. The minimum atomic E-state index is -0.949. The number of benzene rings is 3. The number of hydrogen-bond donors (Lipinski definition) is 2. The van der Waals surface area contributed by atoms with Gasteiger partial charge < -0.3 is 10.5 Å². The molecule has 0 aliphatic carbocycles. The van der Waals surface area contributed by atoms with E-state index in [1.807, 2.05) is 43.3 Å². The summed E-state index contributed by atoms with van der Waals surface area (Å²) in [6.07, 6.45) is 2.49. The zero-order chi connectivity index (χ0) is 24.5. The highest BCUT2D eigenvalue weighted by molar-refractivity contribution is 6.24. The number of rotatable bonds is 6. The van der Waals surface area contributed by atoms with Gasteiger partial charge in [-0.25, -0.2) is 14.3 Å². The van der Waals surface area contributed by atoms with Gasteiger partial charge in [0.05, 0.1) is 29.4 Å². The fraction of sp³-hybridized carbons (Fsp3) is 0.214. The zero-order valence-electron chi connectivity index (χ0n) is 19.2. The molecule has 2 aliphatic heterocycles. The van der Waals surface area contributed by atoms with E-state index < -0.39 is 35.8 Å². The number of nitrogens with one attached hydrogen (secondary N) is 1.